The zero-order chi connectivity index (χ0) is 13.7. The van der Waals surface area contributed by atoms with Crippen LogP contribution in [0.3, 0.4) is 0 Å². The summed E-state index contributed by atoms with van der Waals surface area (Å²) in [5.41, 5.74) is 0.614. The first-order valence-electron chi connectivity index (χ1n) is 6.54. The van der Waals surface area contributed by atoms with E-state index >= 15 is 0 Å². The van der Waals surface area contributed by atoms with Crippen LogP contribution in [0.5, 0.6) is 0 Å². The van der Waals surface area contributed by atoms with Gasteiger partial charge in [0.2, 0.25) is 0 Å². The van der Waals surface area contributed by atoms with E-state index < -0.39 is 0 Å². The summed E-state index contributed by atoms with van der Waals surface area (Å²) in [6.45, 7) is 5.33. The van der Waals surface area contributed by atoms with Gasteiger partial charge in [0.25, 0.3) is 0 Å². The van der Waals surface area contributed by atoms with Crippen molar-refractivity contribution in [3.63, 3.8) is 0 Å². The van der Waals surface area contributed by atoms with E-state index in [2.05, 4.69) is 26.9 Å². The van der Waals surface area contributed by atoms with Crippen LogP contribution in [0.1, 0.15) is 18.9 Å². The van der Waals surface area contributed by atoms with E-state index in [0.717, 1.165) is 38.4 Å². The third kappa shape index (κ3) is 2.83. The largest absolute Gasteiger partial charge is 0.353 e. The van der Waals surface area contributed by atoms with Crippen LogP contribution < -0.4 is 4.90 Å². The molecule has 2 heterocycles. The van der Waals surface area contributed by atoms with Crippen molar-refractivity contribution < 1.29 is 0 Å². The van der Waals surface area contributed by atoms with Crippen molar-refractivity contribution in [2.24, 2.45) is 0 Å². The van der Waals surface area contributed by atoms with Gasteiger partial charge >= 0.3 is 0 Å². The minimum Gasteiger partial charge on any atom is -0.353 e. The standard InChI is InChI=1S/C14H17N5/c1-2-13(11-16)18-6-8-19(9-7-18)14-12(10-15)4-3-5-17-14/h3-5,13H,2,6-9H2,1H3. The van der Waals surface area contributed by atoms with E-state index in [4.69, 9.17) is 10.5 Å². The van der Waals surface area contributed by atoms with E-state index in [0.29, 0.717) is 5.56 Å². The predicted octanol–water partition coefficient (Wildman–Crippen LogP) is 1.38. The summed E-state index contributed by atoms with van der Waals surface area (Å²) < 4.78 is 0. The quantitative estimate of drug-likeness (QED) is 0.816. The SMILES string of the molecule is CCC(C#N)N1CCN(c2ncccc2C#N)CC1. The number of pyridine rings is 1. The van der Waals surface area contributed by atoms with Crippen molar-refractivity contribution in [3.8, 4) is 12.1 Å². The molecule has 2 rings (SSSR count). The third-order valence-electron chi connectivity index (χ3n) is 3.50. The van der Waals surface area contributed by atoms with Crippen molar-refractivity contribution >= 4 is 5.82 Å². The van der Waals surface area contributed by atoms with E-state index in [1.165, 1.54) is 0 Å². The molecule has 1 unspecified atom stereocenters. The lowest BCUT2D eigenvalue weighted by Gasteiger charge is -2.37. The molecule has 0 aliphatic carbocycles. The Morgan fingerprint density at radius 2 is 2.05 bits per heavy atom. The molecule has 5 heteroatoms. The van der Waals surface area contributed by atoms with Crippen molar-refractivity contribution in [2.45, 2.75) is 19.4 Å². The number of rotatable bonds is 3. The van der Waals surface area contributed by atoms with Gasteiger partial charge in [0.05, 0.1) is 17.7 Å². The molecule has 1 aromatic heterocycles. The molecule has 98 valence electrons. The molecule has 1 aromatic rings. The number of nitriles is 2. The lowest BCUT2D eigenvalue weighted by Crippen LogP contribution is -2.50. The summed E-state index contributed by atoms with van der Waals surface area (Å²) >= 11 is 0. The summed E-state index contributed by atoms with van der Waals surface area (Å²) in [4.78, 5) is 8.63. The Morgan fingerprint density at radius 1 is 1.32 bits per heavy atom. The Bertz CT molecular complexity index is 505. The lowest BCUT2D eigenvalue weighted by atomic mass is 10.1. The fraction of sp³-hybridized carbons (Fsp3) is 0.500. The molecular formula is C14H17N5. The summed E-state index contributed by atoms with van der Waals surface area (Å²) in [5.74, 6) is 0.759. The molecule has 0 radical (unpaired) electrons. The topological polar surface area (TPSA) is 67.0 Å². The molecule has 1 fully saturated rings. The highest BCUT2D eigenvalue weighted by molar-refractivity contribution is 5.53. The molecule has 1 aliphatic heterocycles. The highest BCUT2D eigenvalue weighted by atomic mass is 15.3. The second-order valence-electron chi connectivity index (χ2n) is 4.56. The second kappa shape index (κ2) is 6.17. The smallest absolute Gasteiger partial charge is 0.146 e. The maximum absolute atomic E-state index is 9.10. The number of anilines is 1. The van der Waals surface area contributed by atoms with Crippen LogP contribution in [-0.4, -0.2) is 42.1 Å². The fourth-order valence-corrected chi connectivity index (χ4v) is 2.41. The number of piperazine rings is 1. The van der Waals surface area contributed by atoms with Crippen LogP contribution in [-0.2, 0) is 0 Å². The molecule has 0 saturated carbocycles. The van der Waals surface area contributed by atoms with Gasteiger partial charge in [-0.15, -0.1) is 0 Å². The second-order valence-corrected chi connectivity index (χ2v) is 4.56. The summed E-state index contributed by atoms with van der Waals surface area (Å²) in [5, 5.41) is 18.2. The first-order valence-corrected chi connectivity index (χ1v) is 6.54. The molecule has 1 saturated heterocycles. The average molecular weight is 255 g/mol. The third-order valence-corrected chi connectivity index (χ3v) is 3.50. The highest BCUT2D eigenvalue weighted by Gasteiger charge is 2.24. The monoisotopic (exact) mass is 255 g/mol. The molecule has 0 spiro atoms. The van der Waals surface area contributed by atoms with E-state index in [1.807, 2.05) is 6.92 Å². The van der Waals surface area contributed by atoms with Crippen LogP contribution in [0.25, 0.3) is 0 Å². The predicted molar refractivity (Wildman–Crippen MR) is 72.4 cm³/mol. The Kier molecular flexibility index (Phi) is 4.33. The van der Waals surface area contributed by atoms with Gasteiger partial charge in [-0.3, -0.25) is 4.90 Å². The van der Waals surface area contributed by atoms with Gasteiger partial charge in [0.15, 0.2) is 0 Å². The van der Waals surface area contributed by atoms with Gasteiger partial charge in [-0.2, -0.15) is 10.5 Å². The molecule has 1 atom stereocenters. The summed E-state index contributed by atoms with van der Waals surface area (Å²) in [7, 11) is 0. The zero-order valence-corrected chi connectivity index (χ0v) is 11.1. The van der Waals surface area contributed by atoms with E-state index in [-0.39, 0.29) is 6.04 Å². The Balaban J connectivity index is 2.05. The van der Waals surface area contributed by atoms with Crippen molar-refractivity contribution in [1.29, 1.82) is 10.5 Å². The van der Waals surface area contributed by atoms with Crippen LogP contribution in [0, 0.1) is 22.7 Å². The molecule has 1 aliphatic rings. The Labute approximate surface area is 113 Å². The Morgan fingerprint density at radius 3 is 2.63 bits per heavy atom. The van der Waals surface area contributed by atoms with Crippen LogP contribution >= 0.6 is 0 Å². The number of hydrogen-bond acceptors (Lipinski definition) is 5. The van der Waals surface area contributed by atoms with Crippen molar-refractivity contribution in [3.05, 3.63) is 23.9 Å². The van der Waals surface area contributed by atoms with E-state index in [9.17, 15) is 0 Å². The van der Waals surface area contributed by atoms with Crippen LogP contribution in [0.4, 0.5) is 5.82 Å². The van der Waals surface area contributed by atoms with Crippen molar-refractivity contribution in [1.82, 2.24) is 9.88 Å². The Hall–Kier alpha value is -2.11. The zero-order valence-electron chi connectivity index (χ0n) is 11.1. The molecule has 0 amide bonds. The first kappa shape index (κ1) is 13.3. The number of hydrogen-bond donors (Lipinski definition) is 0. The first-order chi connectivity index (χ1) is 9.30. The minimum absolute atomic E-state index is 0.00122. The molecule has 5 nitrogen and oxygen atoms in total. The molecule has 19 heavy (non-hydrogen) atoms. The number of aromatic nitrogens is 1. The summed E-state index contributed by atoms with van der Waals surface area (Å²) in [6.07, 6.45) is 2.57. The van der Waals surface area contributed by atoms with Crippen LogP contribution in [0.2, 0.25) is 0 Å². The maximum Gasteiger partial charge on any atom is 0.146 e. The van der Waals surface area contributed by atoms with E-state index in [1.54, 1.807) is 18.3 Å². The van der Waals surface area contributed by atoms with Crippen molar-refractivity contribution in [2.75, 3.05) is 31.1 Å². The van der Waals surface area contributed by atoms with Gasteiger partial charge in [0.1, 0.15) is 11.9 Å². The molecule has 0 bridgehead atoms. The summed E-state index contributed by atoms with van der Waals surface area (Å²) in [6, 6.07) is 8.09. The fourth-order valence-electron chi connectivity index (χ4n) is 2.41. The van der Waals surface area contributed by atoms with Gasteiger partial charge in [-0.05, 0) is 18.6 Å². The minimum atomic E-state index is 0.00122. The van der Waals surface area contributed by atoms with Gasteiger partial charge in [-0.1, -0.05) is 6.92 Å². The average Bonchev–Trinajstić information content (AvgIpc) is 2.49. The van der Waals surface area contributed by atoms with Gasteiger partial charge in [0, 0.05) is 32.4 Å². The lowest BCUT2D eigenvalue weighted by molar-refractivity contribution is 0.216. The van der Waals surface area contributed by atoms with Gasteiger partial charge in [-0.25, -0.2) is 4.98 Å². The van der Waals surface area contributed by atoms with Gasteiger partial charge < -0.3 is 4.90 Å². The highest BCUT2D eigenvalue weighted by Crippen LogP contribution is 2.19. The molecular weight excluding hydrogens is 238 g/mol. The van der Waals surface area contributed by atoms with Crippen LogP contribution in [0.15, 0.2) is 18.3 Å². The maximum atomic E-state index is 9.10. The molecule has 0 aromatic carbocycles. The molecule has 0 N–H and O–H groups in total. The number of nitrogens with zero attached hydrogens (tertiary/aromatic N) is 5. The normalized spacial score (nSPS) is 17.5.